The van der Waals surface area contributed by atoms with Crippen molar-refractivity contribution in [2.24, 2.45) is 0 Å². The van der Waals surface area contributed by atoms with Gasteiger partial charge in [-0.15, -0.1) is 0 Å². The summed E-state index contributed by atoms with van der Waals surface area (Å²) in [5.74, 6) is -0.193. The van der Waals surface area contributed by atoms with E-state index in [0.29, 0.717) is 6.61 Å². The van der Waals surface area contributed by atoms with Crippen molar-refractivity contribution in [3.63, 3.8) is 0 Å². The molecule has 1 aliphatic rings. The van der Waals surface area contributed by atoms with Crippen molar-refractivity contribution in [1.29, 1.82) is 0 Å². The highest BCUT2D eigenvalue weighted by Gasteiger charge is 2.27. The van der Waals surface area contributed by atoms with E-state index in [1.165, 1.54) is 11.1 Å². The highest BCUT2D eigenvalue weighted by atomic mass is 79.9. The summed E-state index contributed by atoms with van der Waals surface area (Å²) >= 11 is 0. The number of aromatic nitrogens is 1. The van der Waals surface area contributed by atoms with Gasteiger partial charge in [-0.1, -0.05) is 18.2 Å². The second-order valence-corrected chi connectivity index (χ2v) is 4.75. The van der Waals surface area contributed by atoms with E-state index in [-0.39, 0.29) is 29.5 Å². The summed E-state index contributed by atoms with van der Waals surface area (Å²) in [7, 11) is 0. The van der Waals surface area contributed by atoms with E-state index >= 15 is 0 Å². The molecule has 0 aliphatic carbocycles. The van der Waals surface area contributed by atoms with E-state index in [1.54, 1.807) is 0 Å². The summed E-state index contributed by atoms with van der Waals surface area (Å²) in [4.78, 5) is 17.1. The lowest BCUT2D eigenvalue weighted by atomic mass is 9.98. The lowest BCUT2D eigenvalue weighted by molar-refractivity contribution is -0.364. The fraction of sp³-hybridized carbons (Fsp3) is 0.250. The third-order valence-electron chi connectivity index (χ3n) is 3.45. The van der Waals surface area contributed by atoms with E-state index in [9.17, 15) is 4.79 Å². The van der Waals surface area contributed by atoms with Gasteiger partial charge in [0, 0.05) is 12.6 Å². The van der Waals surface area contributed by atoms with Crippen LogP contribution in [-0.4, -0.2) is 19.1 Å². The van der Waals surface area contributed by atoms with E-state index in [1.807, 2.05) is 42.3 Å². The van der Waals surface area contributed by atoms with Gasteiger partial charge < -0.3 is 26.6 Å². The average Bonchev–Trinajstić information content (AvgIpc) is 2.48. The molecule has 1 aromatic heterocycles. The minimum atomic E-state index is -0.193. The predicted molar refractivity (Wildman–Crippen MR) is 76.1 cm³/mol. The molecule has 4 nitrogen and oxygen atoms in total. The zero-order valence-corrected chi connectivity index (χ0v) is 13.4. The first kappa shape index (κ1) is 15.5. The van der Waals surface area contributed by atoms with Gasteiger partial charge in [-0.25, -0.2) is 4.98 Å². The van der Waals surface area contributed by atoms with Crippen molar-refractivity contribution in [3.05, 3.63) is 48.2 Å². The Bertz CT molecular complexity index is 646. The number of carbonyl (C=O) groups excluding carboxylic acids is 1. The van der Waals surface area contributed by atoms with Gasteiger partial charge >= 0.3 is 5.97 Å². The van der Waals surface area contributed by atoms with Crippen LogP contribution in [0.4, 0.5) is 5.69 Å². The number of pyridine rings is 1. The average molecular weight is 349 g/mol. The van der Waals surface area contributed by atoms with E-state index in [0.717, 1.165) is 17.9 Å². The second kappa shape index (κ2) is 6.72. The van der Waals surface area contributed by atoms with Crippen LogP contribution < -0.4 is 26.9 Å². The van der Waals surface area contributed by atoms with E-state index < -0.39 is 0 Å². The number of hydrogen-bond acceptors (Lipinski definition) is 3. The molecule has 1 N–H and O–H groups in total. The fourth-order valence-corrected chi connectivity index (χ4v) is 2.60. The number of rotatable bonds is 3. The number of halogens is 1. The number of benzene rings is 1. The summed E-state index contributed by atoms with van der Waals surface area (Å²) in [6, 6.07) is 12.2. The molecule has 0 amide bonds. The number of esters is 1. The molecule has 0 spiro atoms. The number of nitrogens with zero attached hydrogens (tertiary/aromatic N) is 1. The Morgan fingerprint density at radius 3 is 2.90 bits per heavy atom. The topological polar surface area (TPSA) is 43.7 Å². The van der Waals surface area contributed by atoms with Gasteiger partial charge in [-0.05, 0) is 24.6 Å². The van der Waals surface area contributed by atoms with Crippen LogP contribution in [-0.2, 0) is 16.1 Å². The Labute approximate surface area is 134 Å². The first-order chi connectivity index (χ1) is 9.79. The standard InChI is InChI=1S/C16H16N2O2.BrH/c1-2-20-15(19)11-18-10-12-6-3-4-7-13(12)16-14(18)8-5-9-17-16;/h3-9H,2,10-11H2,1H3;1H. The lowest BCUT2D eigenvalue weighted by Crippen LogP contribution is -3.00. The predicted octanol–water partition coefficient (Wildman–Crippen LogP) is -0.945. The van der Waals surface area contributed by atoms with Crippen LogP contribution >= 0.6 is 0 Å². The van der Waals surface area contributed by atoms with Crippen LogP contribution in [0.1, 0.15) is 12.5 Å². The number of nitrogens with one attached hydrogen (secondary N) is 1. The van der Waals surface area contributed by atoms with Gasteiger partial charge in [-0.2, -0.15) is 0 Å². The largest absolute Gasteiger partial charge is 1.00 e. The molecule has 1 aromatic carbocycles. The highest BCUT2D eigenvalue weighted by molar-refractivity contribution is 5.83. The normalized spacial score (nSPS) is 12.0. The summed E-state index contributed by atoms with van der Waals surface area (Å²) in [5.41, 5.74) is 4.51. The van der Waals surface area contributed by atoms with Crippen LogP contribution in [0.3, 0.4) is 0 Å². The van der Waals surface area contributed by atoms with Crippen molar-refractivity contribution >= 4 is 11.7 Å². The quantitative estimate of drug-likeness (QED) is 0.672. The van der Waals surface area contributed by atoms with E-state index in [2.05, 4.69) is 17.1 Å². The van der Waals surface area contributed by atoms with Crippen LogP contribution in [0.15, 0.2) is 42.6 Å². The molecular weight excluding hydrogens is 332 g/mol. The van der Waals surface area contributed by atoms with Gasteiger partial charge in [0.05, 0.1) is 12.2 Å². The molecule has 0 radical (unpaired) electrons. The third kappa shape index (κ3) is 3.08. The minimum absolute atomic E-state index is 0. The lowest BCUT2D eigenvalue weighted by Gasteiger charge is -2.28. The van der Waals surface area contributed by atoms with Gasteiger partial charge in [0.1, 0.15) is 12.2 Å². The Balaban J connectivity index is 0.00000161. The molecule has 21 heavy (non-hydrogen) atoms. The molecule has 110 valence electrons. The van der Waals surface area contributed by atoms with Crippen LogP contribution in [0, 0.1) is 0 Å². The number of ether oxygens (including phenoxy) is 1. The number of fused-ring (bicyclic) bond motifs is 3. The number of hydrogen-bond donors (Lipinski definition) is 0. The molecule has 0 saturated carbocycles. The third-order valence-corrected chi connectivity index (χ3v) is 3.45. The first-order valence-corrected chi connectivity index (χ1v) is 6.79. The number of carbonyl (C=O) groups is 1. The molecule has 0 saturated heterocycles. The Kier molecular flexibility index (Phi) is 4.96. The van der Waals surface area contributed by atoms with Crippen molar-refractivity contribution in [2.45, 2.75) is 13.5 Å². The zero-order valence-electron chi connectivity index (χ0n) is 11.8. The Hall–Kier alpha value is -1.88. The van der Waals surface area contributed by atoms with Gasteiger partial charge in [-0.3, -0.25) is 4.79 Å². The summed E-state index contributed by atoms with van der Waals surface area (Å²) < 4.78 is 5.06. The highest BCUT2D eigenvalue weighted by Crippen LogP contribution is 2.35. The van der Waals surface area contributed by atoms with Crippen molar-refractivity contribution in [3.8, 4) is 11.3 Å². The molecule has 2 heterocycles. The molecule has 0 bridgehead atoms. The summed E-state index contributed by atoms with van der Waals surface area (Å²) in [6.45, 7) is 3.23. The molecule has 0 atom stereocenters. The van der Waals surface area contributed by atoms with Crippen LogP contribution in [0.5, 0.6) is 0 Å². The monoisotopic (exact) mass is 348 g/mol. The number of H-pyrrole nitrogens is 1. The number of anilines is 1. The zero-order chi connectivity index (χ0) is 13.9. The Morgan fingerprint density at radius 2 is 2.10 bits per heavy atom. The second-order valence-electron chi connectivity index (χ2n) is 4.75. The maximum Gasteiger partial charge on any atom is 0.325 e. The summed E-state index contributed by atoms with van der Waals surface area (Å²) in [5, 5.41) is 0. The fourth-order valence-electron chi connectivity index (χ4n) is 2.60. The van der Waals surface area contributed by atoms with Gasteiger partial charge in [0.2, 0.25) is 5.69 Å². The van der Waals surface area contributed by atoms with Crippen LogP contribution in [0.2, 0.25) is 0 Å². The van der Waals surface area contributed by atoms with Gasteiger partial charge in [0.15, 0.2) is 6.20 Å². The van der Waals surface area contributed by atoms with Gasteiger partial charge in [0.25, 0.3) is 0 Å². The maximum absolute atomic E-state index is 11.8. The molecular formula is C16H17BrN2O2. The first-order valence-electron chi connectivity index (χ1n) is 6.79. The smallest absolute Gasteiger partial charge is 0.325 e. The minimum Gasteiger partial charge on any atom is -1.00 e. The maximum atomic E-state index is 11.8. The van der Waals surface area contributed by atoms with Crippen molar-refractivity contribution in [1.82, 2.24) is 0 Å². The summed E-state index contributed by atoms with van der Waals surface area (Å²) in [6.07, 6.45) is 1.91. The molecule has 3 rings (SSSR count). The van der Waals surface area contributed by atoms with Crippen molar-refractivity contribution < 1.29 is 31.5 Å². The van der Waals surface area contributed by atoms with Crippen molar-refractivity contribution in [2.75, 3.05) is 18.1 Å². The molecule has 0 fully saturated rings. The van der Waals surface area contributed by atoms with Crippen LogP contribution in [0.25, 0.3) is 11.3 Å². The number of aromatic amines is 1. The molecule has 5 heteroatoms. The molecule has 1 aliphatic heterocycles. The SMILES string of the molecule is CCOC(=O)CN1Cc2ccccc2-c2[nH+]cccc21.[Br-]. The molecule has 0 unspecified atom stereocenters. The molecule has 2 aromatic rings. The van der Waals surface area contributed by atoms with E-state index in [4.69, 9.17) is 4.74 Å². The Morgan fingerprint density at radius 1 is 1.29 bits per heavy atom.